The Balaban J connectivity index is 1.65. The highest BCUT2D eigenvalue weighted by Crippen LogP contribution is 2.21. The number of alkyl halides is 3. The van der Waals surface area contributed by atoms with Gasteiger partial charge in [-0.2, -0.15) is 13.2 Å². The fraction of sp³-hybridized carbons (Fsp3) is 1.00. The average molecular weight is 314 g/mol. The molecule has 2 heterocycles. The molecule has 0 saturated carbocycles. The molecular formula is C12H21F3N2O2S. The summed E-state index contributed by atoms with van der Waals surface area (Å²) in [6.45, 7) is 0.712. The number of nitrogens with zero attached hydrogens (tertiary/aromatic N) is 1. The van der Waals surface area contributed by atoms with Gasteiger partial charge in [0.1, 0.15) is 0 Å². The maximum absolute atomic E-state index is 12.2. The number of piperidine rings is 1. The van der Waals surface area contributed by atoms with Crippen LogP contribution in [0.4, 0.5) is 13.2 Å². The second-order valence-corrected chi connectivity index (χ2v) is 8.07. The van der Waals surface area contributed by atoms with Crippen molar-refractivity contribution in [3.8, 4) is 0 Å². The highest BCUT2D eigenvalue weighted by molar-refractivity contribution is 7.91. The summed E-state index contributed by atoms with van der Waals surface area (Å²) in [5, 5.41) is 3.31. The van der Waals surface area contributed by atoms with Crippen molar-refractivity contribution in [2.75, 3.05) is 37.7 Å². The monoisotopic (exact) mass is 314 g/mol. The van der Waals surface area contributed by atoms with E-state index in [2.05, 4.69) is 5.32 Å². The van der Waals surface area contributed by atoms with Crippen LogP contribution in [0.15, 0.2) is 0 Å². The van der Waals surface area contributed by atoms with Crippen molar-refractivity contribution in [1.29, 1.82) is 0 Å². The molecule has 0 aromatic rings. The van der Waals surface area contributed by atoms with Gasteiger partial charge in [0.05, 0.1) is 18.1 Å². The summed E-state index contributed by atoms with van der Waals surface area (Å²) in [4.78, 5) is 1.43. The van der Waals surface area contributed by atoms with E-state index in [9.17, 15) is 21.6 Å². The molecule has 2 rings (SSSR count). The van der Waals surface area contributed by atoms with E-state index in [1.807, 2.05) is 0 Å². The van der Waals surface area contributed by atoms with Crippen molar-refractivity contribution in [2.24, 2.45) is 5.92 Å². The number of likely N-dealkylation sites (tertiary alicyclic amines) is 1. The summed E-state index contributed by atoms with van der Waals surface area (Å²) >= 11 is 0. The van der Waals surface area contributed by atoms with E-state index in [0.29, 0.717) is 38.9 Å². The highest BCUT2D eigenvalue weighted by Gasteiger charge is 2.33. The van der Waals surface area contributed by atoms with Crippen LogP contribution in [0.25, 0.3) is 0 Å². The predicted octanol–water partition coefficient (Wildman–Crippen LogP) is 1.04. The molecule has 0 amide bonds. The van der Waals surface area contributed by atoms with E-state index in [1.165, 1.54) is 4.90 Å². The molecular weight excluding hydrogens is 293 g/mol. The third-order valence-electron chi connectivity index (χ3n) is 4.01. The number of halogens is 3. The molecule has 4 nitrogen and oxygen atoms in total. The Labute approximate surface area is 117 Å². The van der Waals surface area contributed by atoms with Crippen molar-refractivity contribution in [3.05, 3.63) is 0 Å². The zero-order valence-electron chi connectivity index (χ0n) is 11.3. The van der Waals surface area contributed by atoms with Crippen molar-refractivity contribution in [3.63, 3.8) is 0 Å². The standard InChI is InChI=1S/C12H21F3N2O2S/c13-12(14,15)9-17-4-1-11(2-5-17)16-7-10-3-6-20(18,19)8-10/h10-11,16H,1-9H2. The van der Waals surface area contributed by atoms with Crippen LogP contribution in [0.2, 0.25) is 0 Å². The molecule has 0 bridgehead atoms. The molecule has 8 heteroatoms. The third-order valence-corrected chi connectivity index (χ3v) is 5.85. The molecule has 0 aromatic heterocycles. The lowest BCUT2D eigenvalue weighted by Gasteiger charge is -2.33. The Kier molecular flexibility index (Phi) is 4.96. The maximum atomic E-state index is 12.2. The molecule has 0 radical (unpaired) electrons. The summed E-state index contributed by atoms with van der Waals surface area (Å²) in [6, 6.07) is 0.211. The van der Waals surface area contributed by atoms with Gasteiger partial charge in [0, 0.05) is 6.04 Å². The van der Waals surface area contributed by atoms with Gasteiger partial charge in [-0.25, -0.2) is 8.42 Å². The minimum absolute atomic E-state index is 0.160. The van der Waals surface area contributed by atoms with Crippen LogP contribution >= 0.6 is 0 Å². The highest BCUT2D eigenvalue weighted by atomic mass is 32.2. The van der Waals surface area contributed by atoms with Gasteiger partial charge in [-0.05, 0) is 44.8 Å². The quantitative estimate of drug-likeness (QED) is 0.842. The molecule has 20 heavy (non-hydrogen) atoms. The lowest BCUT2D eigenvalue weighted by Crippen LogP contribution is -2.46. The van der Waals surface area contributed by atoms with Crippen molar-refractivity contribution < 1.29 is 21.6 Å². The first kappa shape index (κ1) is 16.0. The van der Waals surface area contributed by atoms with Crippen LogP contribution in [-0.4, -0.2) is 63.2 Å². The second kappa shape index (κ2) is 6.19. The van der Waals surface area contributed by atoms with Crippen molar-refractivity contribution >= 4 is 9.84 Å². The first-order valence-electron chi connectivity index (χ1n) is 6.96. The largest absolute Gasteiger partial charge is 0.401 e. The summed E-state index contributed by atoms with van der Waals surface area (Å²) < 4.78 is 59.4. The predicted molar refractivity (Wildman–Crippen MR) is 70.3 cm³/mol. The fourth-order valence-electron chi connectivity index (χ4n) is 2.92. The van der Waals surface area contributed by atoms with Gasteiger partial charge in [0.25, 0.3) is 0 Å². The summed E-state index contributed by atoms with van der Waals surface area (Å²) in [6.07, 6.45) is -2.05. The maximum Gasteiger partial charge on any atom is 0.401 e. The van der Waals surface area contributed by atoms with Gasteiger partial charge in [-0.1, -0.05) is 0 Å². The lowest BCUT2D eigenvalue weighted by atomic mass is 10.0. The SMILES string of the molecule is O=S1(=O)CCC(CNC2CCN(CC(F)(F)F)CC2)C1. The van der Waals surface area contributed by atoms with Gasteiger partial charge in [-0.3, -0.25) is 4.90 Å². The second-order valence-electron chi connectivity index (χ2n) is 5.84. The Morgan fingerprint density at radius 2 is 1.80 bits per heavy atom. The van der Waals surface area contributed by atoms with E-state index in [-0.39, 0.29) is 23.5 Å². The normalized spacial score (nSPS) is 28.9. The first-order chi connectivity index (χ1) is 9.23. The van der Waals surface area contributed by atoms with Crippen LogP contribution in [0.1, 0.15) is 19.3 Å². The third kappa shape index (κ3) is 5.21. The Morgan fingerprint density at radius 3 is 2.30 bits per heavy atom. The van der Waals surface area contributed by atoms with E-state index in [0.717, 1.165) is 0 Å². The smallest absolute Gasteiger partial charge is 0.314 e. The van der Waals surface area contributed by atoms with Gasteiger partial charge >= 0.3 is 6.18 Å². The molecule has 2 saturated heterocycles. The zero-order chi connectivity index (χ0) is 14.8. The molecule has 118 valence electrons. The van der Waals surface area contributed by atoms with Crippen LogP contribution < -0.4 is 5.32 Å². The van der Waals surface area contributed by atoms with Gasteiger partial charge < -0.3 is 5.32 Å². The van der Waals surface area contributed by atoms with Gasteiger partial charge in [0.2, 0.25) is 0 Å². The number of hydrogen-bond acceptors (Lipinski definition) is 4. The van der Waals surface area contributed by atoms with Crippen LogP contribution in [0.5, 0.6) is 0 Å². The zero-order valence-corrected chi connectivity index (χ0v) is 12.1. The number of rotatable bonds is 4. The fourth-order valence-corrected chi connectivity index (χ4v) is 4.78. The molecule has 0 aromatic carbocycles. The molecule has 2 aliphatic heterocycles. The Bertz CT molecular complexity index is 417. The average Bonchev–Trinajstić information content (AvgIpc) is 2.66. The number of hydrogen-bond donors (Lipinski definition) is 1. The minimum atomic E-state index is -4.13. The van der Waals surface area contributed by atoms with E-state index >= 15 is 0 Å². The molecule has 2 fully saturated rings. The topological polar surface area (TPSA) is 49.4 Å². The lowest BCUT2D eigenvalue weighted by molar-refractivity contribution is -0.148. The molecule has 1 unspecified atom stereocenters. The van der Waals surface area contributed by atoms with Gasteiger partial charge in [-0.15, -0.1) is 0 Å². The molecule has 0 aliphatic carbocycles. The van der Waals surface area contributed by atoms with Crippen molar-refractivity contribution in [1.82, 2.24) is 10.2 Å². The van der Waals surface area contributed by atoms with Crippen molar-refractivity contribution in [2.45, 2.75) is 31.5 Å². The summed E-state index contributed by atoms with van der Waals surface area (Å²) in [5.74, 6) is 0.671. The number of sulfone groups is 1. The minimum Gasteiger partial charge on any atom is -0.314 e. The molecule has 1 atom stereocenters. The first-order valence-corrected chi connectivity index (χ1v) is 8.78. The van der Waals surface area contributed by atoms with Crippen LogP contribution in [0, 0.1) is 5.92 Å². The van der Waals surface area contributed by atoms with E-state index in [1.54, 1.807) is 0 Å². The Morgan fingerprint density at radius 1 is 1.15 bits per heavy atom. The molecule has 1 N–H and O–H groups in total. The molecule has 0 spiro atoms. The van der Waals surface area contributed by atoms with Crippen LogP contribution in [0.3, 0.4) is 0 Å². The van der Waals surface area contributed by atoms with E-state index in [4.69, 9.17) is 0 Å². The van der Waals surface area contributed by atoms with E-state index < -0.39 is 22.6 Å². The van der Waals surface area contributed by atoms with Crippen LogP contribution in [-0.2, 0) is 9.84 Å². The molecule has 2 aliphatic rings. The Hall–Kier alpha value is -0.340. The number of nitrogens with one attached hydrogen (secondary N) is 1. The summed E-state index contributed by atoms with van der Waals surface area (Å²) in [7, 11) is -2.85. The van der Waals surface area contributed by atoms with Gasteiger partial charge in [0.15, 0.2) is 9.84 Å². The summed E-state index contributed by atoms with van der Waals surface area (Å²) in [5.41, 5.74) is 0.